The molecule has 2 aromatic carbocycles. The van der Waals surface area contributed by atoms with Crippen LogP contribution in [0.3, 0.4) is 0 Å². The summed E-state index contributed by atoms with van der Waals surface area (Å²) in [5.41, 5.74) is 10.1. The minimum Gasteiger partial charge on any atom is -0.462 e. The number of benzene rings is 2. The average Bonchev–Trinajstić information content (AvgIpc) is 3.39. The molecule has 0 saturated heterocycles. The molecule has 18 heteroatoms. The summed E-state index contributed by atoms with van der Waals surface area (Å²) in [4.78, 5) is 108. The quantitative estimate of drug-likeness (QED) is 0.0316. The van der Waals surface area contributed by atoms with Gasteiger partial charge in [0, 0.05) is 63.5 Å². The van der Waals surface area contributed by atoms with Gasteiger partial charge in [-0.1, -0.05) is 53.7 Å². The maximum atomic E-state index is 13.0. The zero-order valence-electron chi connectivity index (χ0n) is 46.3. The van der Waals surface area contributed by atoms with Gasteiger partial charge < -0.3 is 14.8 Å². The topological polar surface area (TPSA) is 253 Å². The van der Waals surface area contributed by atoms with Gasteiger partial charge in [-0.15, -0.1) is 0 Å². The van der Waals surface area contributed by atoms with Crippen molar-refractivity contribution in [2.45, 2.75) is 197 Å². The van der Waals surface area contributed by atoms with E-state index >= 15 is 0 Å². The number of ketones is 2. The molecule has 74 heavy (non-hydrogen) atoms. The Morgan fingerprint density at radius 2 is 0.797 bits per heavy atom. The van der Waals surface area contributed by atoms with E-state index in [0.717, 1.165) is 31.4 Å². The second-order valence-corrected chi connectivity index (χ2v) is 19.7. The number of esters is 2. The first-order valence-electron chi connectivity index (χ1n) is 25.8. The fourth-order valence-corrected chi connectivity index (χ4v) is 6.99. The van der Waals surface area contributed by atoms with E-state index < -0.39 is 53.7 Å². The number of ether oxygens (including phenoxy) is 2. The van der Waals surface area contributed by atoms with E-state index in [1.807, 2.05) is 27.7 Å². The van der Waals surface area contributed by atoms with Crippen molar-refractivity contribution in [2.24, 2.45) is 32.1 Å². The molecule has 4 amide bonds. The molecule has 0 aliphatic carbocycles. The third kappa shape index (κ3) is 22.2. The minimum atomic E-state index is -0.722. The number of hydrazone groups is 3. The number of nitrogens with zero attached hydrogens (tertiary/aromatic N) is 4. The fraction of sp³-hybridized carbons (Fsp3) is 0.571. The van der Waals surface area contributed by atoms with E-state index in [1.54, 1.807) is 66.7 Å². The summed E-state index contributed by atoms with van der Waals surface area (Å²) in [5, 5.41) is 15.3. The van der Waals surface area contributed by atoms with Gasteiger partial charge in [-0.05, 0) is 143 Å². The average molecular weight is 1030 g/mol. The largest absolute Gasteiger partial charge is 0.462 e. The lowest BCUT2D eigenvalue weighted by Crippen LogP contribution is -2.45. The van der Waals surface area contributed by atoms with Crippen molar-refractivity contribution in [1.82, 2.24) is 21.6 Å². The summed E-state index contributed by atoms with van der Waals surface area (Å²) in [6.45, 7) is 25.9. The van der Waals surface area contributed by atoms with Crippen molar-refractivity contribution >= 4 is 70.0 Å². The van der Waals surface area contributed by atoms with Gasteiger partial charge in [0.1, 0.15) is 23.8 Å². The molecule has 0 heterocycles. The molecule has 0 aromatic heterocycles. The molecule has 2 aromatic rings. The lowest BCUT2D eigenvalue weighted by Gasteiger charge is -2.28. The maximum Gasteiger partial charge on any atom is 0.306 e. The van der Waals surface area contributed by atoms with Crippen LogP contribution in [0, 0.1) is 11.8 Å². The van der Waals surface area contributed by atoms with Gasteiger partial charge in [0.05, 0.1) is 30.2 Å². The maximum absolute atomic E-state index is 13.0. The second-order valence-electron chi connectivity index (χ2n) is 19.7. The smallest absolute Gasteiger partial charge is 0.306 e. The van der Waals surface area contributed by atoms with E-state index in [2.05, 4.69) is 57.7 Å². The number of carbonyl (C=O) groups excluding carboxylic acids is 8. The molecular weight excluding hydrogens is 945 g/mol. The highest BCUT2D eigenvalue weighted by atomic mass is 16.5. The first kappa shape index (κ1) is 63.4. The van der Waals surface area contributed by atoms with Crippen molar-refractivity contribution in [3.8, 4) is 0 Å². The van der Waals surface area contributed by atoms with Gasteiger partial charge in [-0.25, -0.2) is 16.3 Å². The SMILES string of the molecule is CCC(C)(CC)N=C(C)CCC(=O)C(C)C(C)OC(=O)CCC(C)=NNC(=O)c1cccc(C(=O)NN=C(C)CCC(=O)C(C)C(C)OC(=O)CCC(C)=NNC(=O)c2cccc(C(=O)NC(C)(CC)CC)c2)c1. The Kier molecular flexibility index (Phi) is 26.7. The molecule has 406 valence electrons. The van der Waals surface area contributed by atoms with Crippen LogP contribution in [-0.2, 0) is 28.7 Å². The van der Waals surface area contributed by atoms with Crippen LogP contribution < -0.4 is 21.6 Å². The third-order valence-electron chi connectivity index (χ3n) is 13.7. The van der Waals surface area contributed by atoms with Crippen LogP contribution in [-0.4, -0.2) is 93.3 Å². The standard InChI is InChI=1S/C56H82N8O10/c1-15-55(13,16-2)57-35(5)25-29-47(65)39(9)41(11)73-49(67)31-28-38(8)61-64-54(72)46-24-20-23-45(34-46)53(71)62-59-36(6)26-30-48(66)40(10)42(12)74-50(68)32-27-37(7)60-63-52(70)44-22-19-21-43(33-44)51(69)58-56(14,17-3)18-4/h19-24,33-34,39-42H,15-18,25-32H2,1-14H3,(H,58,69)(H,62,71)(H,63,70)(H,64,72). The number of amides is 4. The monoisotopic (exact) mass is 1030 g/mol. The van der Waals surface area contributed by atoms with E-state index in [-0.39, 0.29) is 83.8 Å². The van der Waals surface area contributed by atoms with E-state index in [4.69, 9.17) is 14.5 Å². The van der Waals surface area contributed by atoms with Gasteiger partial charge in [0.2, 0.25) is 0 Å². The highest BCUT2D eigenvalue weighted by Gasteiger charge is 2.27. The molecule has 0 aliphatic rings. The van der Waals surface area contributed by atoms with Crippen LogP contribution in [0.2, 0.25) is 0 Å². The van der Waals surface area contributed by atoms with Crippen LogP contribution in [0.25, 0.3) is 0 Å². The molecule has 2 rings (SSSR count). The number of Topliss-reactive ketones (excluding diaryl/α,β-unsaturated/α-hetero) is 2. The molecule has 4 N–H and O–H groups in total. The van der Waals surface area contributed by atoms with Crippen LogP contribution in [0.5, 0.6) is 0 Å². The summed E-state index contributed by atoms with van der Waals surface area (Å²) in [6.07, 6.45) is 3.54. The summed E-state index contributed by atoms with van der Waals surface area (Å²) in [5.74, 6) is -4.26. The van der Waals surface area contributed by atoms with Gasteiger partial charge in [-0.3, -0.25) is 43.3 Å². The lowest BCUT2D eigenvalue weighted by molar-refractivity contribution is -0.153. The normalized spacial score (nSPS) is 14.2. The van der Waals surface area contributed by atoms with Crippen LogP contribution >= 0.6 is 0 Å². The Morgan fingerprint density at radius 3 is 1.14 bits per heavy atom. The van der Waals surface area contributed by atoms with Gasteiger partial charge in [-0.2, -0.15) is 15.3 Å². The number of hydrogen-bond donors (Lipinski definition) is 4. The van der Waals surface area contributed by atoms with E-state index in [9.17, 15) is 38.4 Å². The minimum absolute atomic E-state index is 0.00170. The molecule has 0 fully saturated rings. The summed E-state index contributed by atoms with van der Waals surface area (Å²) in [7, 11) is 0. The first-order chi connectivity index (χ1) is 34.8. The number of carbonyl (C=O) groups is 8. The van der Waals surface area contributed by atoms with Gasteiger partial charge in [0.15, 0.2) is 0 Å². The Morgan fingerprint density at radius 1 is 0.473 bits per heavy atom. The summed E-state index contributed by atoms with van der Waals surface area (Å²) in [6, 6.07) is 12.3. The molecular formula is C56H82N8O10. The van der Waals surface area contributed by atoms with Crippen LogP contribution in [0.1, 0.15) is 215 Å². The second kappa shape index (κ2) is 31.1. The molecule has 4 atom stereocenters. The predicted molar refractivity (Wildman–Crippen MR) is 290 cm³/mol. The van der Waals surface area contributed by atoms with Crippen LogP contribution in [0.15, 0.2) is 68.8 Å². The number of aliphatic imine (C=N–C) groups is 1. The molecule has 18 nitrogen and oxygen atoms in total. The van der Waals surface area contributed by atoms with E-state index in [1.165, 1.54) is 30.3 Å². The molecule has 4 unspecified atom stereocenters. The lowest BCUT2D eigenvalue weighted by atomic mass is 9.94. The zero-order chi connectivity index (χ0) is 55.8. The molecule has 0 spiro atoms. The fourth-order valence-electron chi connectivity index (χ4n) is 6.99. The first-order valence-corrected chi connectivity index (χ1v) is 25.8. The number of rotatable bonds is 31. The van der Waals surface area contributed by atoms with Crippen molar-refractivity contribution in [2.75, 3.05) is 0 Å². The molecule has 0 saturated carbocycles. The molecule has 0 radical (unpaired) electrons. The van der Waals surface area contributed by atoms with Crippen molar-refractivity contribution < 1.29 is 47.8 Å². The van der Waals surface area contributed by atoms with Crippen LogP contribution in [0.4, 0.5) is 0 Å². The van der Waals surface area contributed by atoms with Crippen molar-refractivity contribution in [1.29, 1.82) is 0 Å². The Bertz CT molecular complexity index is 2420. The molecule has 0 aliphatic heterocycles. The van der Waals surface area contributed by atoms with Gasteiger partial charge >= 0.3 is 11.9 Å². The molecule has 0 bridgehead atoms. The zero-order valence-corrected chi connectivity index (χ0v) is 46.3. The predicted octanol–water partition coefficient (Wildman–Crippen LogP) is 9.45. The Labute approximate surface area is 438 Å². The van der Waals surface area contributed by atoms with Crippen molar-refractivity contribution in [3.05, 3.63) is 70.8 Å². The van der Waals surface area contributed by atoms with Gasteiger partial charge in [0.25, 0.3) is 23.6 Å². The number of nitrogens with one attached hydrogen (secondary N) is 4. The van der Waals surface area contributed by atoms with Crippen molar-refractivity contribution in [3.63, 3.8) is 0 Å². The number of hydrogen-bond acceptors (Lipinski definition) is 14. The Hall–Kier alpha value is -6.72. The summed E-state index contributed by atoms with van der Waals surface area (Å²) < 4.78 is 11.1. The van der Waals surface area contributed by atoms with E-state index in [0.29, 0.717) is 35.5 Å². The highest BCUT2D eigenvalue weighted by molar-refractivity contribution is 6.02. The highest BCUT2D eigenvalue weighted by Crippen LogP contribution is 2.22. The summed E-state index contributed by atoms with van der Waals surface area (Å²) >= 11 is 0. The third-order valence-corrected chi connectivity index (χ3v) is 13.7. The Balaban J connectivity index is 1.79.